The van der Waals surface area contributed by atoms with Gasteiger partial charge < -0.3 is 10.6 Å². The van der Waals surface area contributed by atoms with Crippen molar-refractivity contribution in [3.05, 3.63) is 101 Å². The summed E-state index contributed by atoms with van der Waals surface area (Å²) in [5, 5.41) is 5.88. The number of nitrogens with one attached hydrogen (secondary N) is 2. The molecule has 0 aliphatic carbocycles. The normalized spacial score (nSPS) is 14.4. The van der Waals surface area contributed by atoms with Crippen LogP contribution >= 0.6 is 0 Å². The van der Waals surface area contributed by atoms with Gasteiger partial charge in [-0.25, -0.2) is 0 Å². The van der Waals surface area contributed by atoms with Crippen molar-refractivity contribution in [2.75, 3.05) is 11.9 Å². The largest absolute Gasteiger partial charge is 0.330 e. The molecule has 0 fully saturated rings. The van der Waals surface area contributed by atoms with Crippen molar-refractivity contribution in [1.29, 1.82) is 0 Å². The molecule has 3 aromatic rings. The van der Waals surface area contributed by atoms with Crippen LogP contribution in [0.25, 0.3) is 0 Å². The van der Waals surface area contributed by atoms with E-state index in [0.29, 0.717) is 42.2 Å². The number of carbonyl (C=O) groups excluding carboxylic acids is 3. The second-order valence-electron chi connectivity index (χ2n) is 9.98. The standard InChI is InChI=1S/C31H35N3O3/c1-22(2)18-19-28(35)29(34-20-10-15-23-11-6-7-14-25(23)21-34)33-31(37)26-16-8-9-17-27(26)32-30(36)24-12-4-3-5-13-24/h3-9,11-14,16-17,22,29H,10,15,18-21H2,1-2H3,(H,32,36)(H,33,37). The van der Waals surface area contributed by atoms with E-state index in [-0.39, 0.29) is 17.6 Å². The SMILES string of the molecule is CC(C)CCC(=O)C(NC(=O)c1ccccc1NC(=O)c1ccccc1)N1CCCc2ccccc2C1. The van der Waals surface area contributed by atoms with Crippen LogP contribution in [0.5, 0.6) is 0 Å². The monoisotopic (exact) mass is 497 g/mol. The molecule has 2 amide bonds. The molecule has 0 aromatic heterocycles. The zero-order valence-electron chi connectivity index (χ0n) is 21.6. The van der Waals surface area contributed by atoms with E-state index < -0.39 is 6.17 Å². The minimum Gasteiger partial charge on any atom is -0.330 e. The fraction of sp³-hybridized carbons (Fsp3) is 0.323. The highest BCUT2D eigenvalue weighted by Gasteiger charge is 2.30. The summed E-state index contributed by atoms with van der Waals surface area (Å²) in [4.78, 5) is 41.9. The Morgan fingerprint density at radius 1 is 0.838 bits per heavy atom. The molecule has 192 valence electrons. The molecule has 0 radical (unpaired) electrons. The number of benzene rings is 3. The van der Waals surface area contributed by atoms with Crippen molar-refractivity contribution in [2.24, 2.45) is 5.92 Å². The predicted octanol–water partition coefficient (Wildman–Crippen LogP) is 5.45. The summed E-state index contributed by atoms with van der Waals surface area (Å²) in [7, 11) is 0. The number of rotatable bonds is 9. The summed E-state index contributed by atoms with van der Waals surface area (Å²) in [6.07, 6.45) is 2.27. The molecule has 1 aliphatic heterocycles. The first kappa shape index (κ1) is 26.3. The number of hydrogen-bond acceptors (Lipinski definition) is 4. The van der Waals surface area contributed by atoms with Crippen LogP contribution in [0.2, 0.25) is 0 Å². The first-order chi connectivity index (χ1) is 17.9. The lowest BCUT2D eigenvalue weighted by atomic mass is 10.0. The van der Waals surface area contributed by atoms with E-state index in [1.807, 2.05) is 18.2 Å². The molecule has 37 heavy (non-hydrogen) atoms. The Morgan fingerprint density at radius 2 is 1.51 bits per heavy atom. The lowest BCUT2D eigenvalue weighted by Crippen LogP contribution is -2.53. The number of fused-ring (bicyclic) bond motifs is 1. The Kier molecular flexibility index (Phi) is 8.86. The van der Waals surface area contributed by atoms with Crippen molar-refractivity contribution in [2.45, 2.75) is 52.2 Å². The predicted molar refractivity (Wildman–Crippen MR) is 146 cm³/mol. The summed E-state index contributed by atoms with van der Waals surface area (Å²) in [6, 6.07) is 24.1. The summed E-state index contributed by atoms with van der Waals surface area (Å²) in [5.41, 5.74) is 3.71. The molecule has 1 unspecified atom stereocenters. The Hall–Kier alpha value is -3.77. The van der Waals surface area contributed by atoms with Gasteiger partial charge in [-0.15, -0.1) is 0 Å². The molecular weight excluding hydrogens is 462 g/mol. The summed E-state index contributed by atoms with van der Waals surface area (Å²) >= 11 is 0. The lowest BCUT2D eigenvalue weighted by Gasteiger charge is -2.31. The fourth-order valence-corrected chi connectivity index (χ4v) is 4.67. The Morgan fingerprint density at radius 3 is 2.27 bits per heavy atom. The summed E-state index contributed by atoms with van der Waals surface area (Å²) in [5.74, 6) is -0.287. The van der Waals surface area contributed by atoms with E-state index in [1.54, 1.807) is 48.5 Å². The first-order valence-corrected chi connectivity index (χ1v) is 13.0. The maximum atomic E-state index is 13.6. The van der Waals surface area contributed by atoms with Gasteiger partial charge >= 0.3 is 0 Å². The van der Waals surface area contributed by atoms with Gasteiger partial charge in [0.25, 0.3) is 11.8 Å². The highest BCUT2D eigenvalue weighted by molar-refractivity contribution is 6.09. The third-order valence-corrected chi connectivity index (χ3v) is 6.75. The molecule has 0 bridgehead atoms. The van der Waals surface area contributed by atoms with Crippen LogP contribution in [0.15, 0.2) is 78.9 Å². The number of carbonyl (C=O) groups is 3. The maximum absolute atomic E-state index is 13.6. The van der Waals surface area contributed by atoms with Crippen molar-refractivity contribution < 1.29 is 14.4 Å². The second kappa shape index (κ2) is 12.5. The van der Waals surface area contributed by atoms with E-state index in [2.05, 4.69) is 41.5 Å². The minimum atomic E-state index is -0.740. The van der Waals surface area contributed by atoms with Crippen molar-refractivity contribution in [1.82, 2.24) is 10.2 Å². The topological polar surface area (TPSA) is 78.5 Å². The first-order valence-electron chi connectivity index (χ1n) is 13.0. The number of nitrogens with zero attached hydrogens (tertiary/aromatic N) is 1. The molecule has 6 nitrogen and oxygen atoms in total. The molecular formula is C31H35N3O3. The fourth-order valence-electron chi connectivity index (χ4n) is 4.67. The average molecular weight is 498 g/mol. The number of amides is 2. The van der Waals surface area contributed by atoms with Gasteiger partial charge in [0.1, 0.15) is 6.17 Å². The minimum absolute atomic E-state index is 0.00670. The van der Waals surface area contributed by atoms with Gasteiger partial charge in [0, 0.05) is 25.1 Å². The Bertz CT molecular complexity index is 1240. The molecule has 1 atom stereocenters. The molecule has 4 rings (SSSR count). The Labute approximate surface area is 219 Å². The van der Waals surface area contributed by atoms with Crippen molar-refractivity contribution in [3.63, 3.8) is 0 Å². The highest BCUT2D eigenvalue weighted by atomic mass is 16.2. The average Bonchev–Trinajstić information content (AvgIpc) is 3.13. The molecule has 0 spiro atoms. The number of aryl methyl sites for hydroxylation is 1. The zero-order chi connectivity index (χ0) is 26.2. The number of para-hydroxylation sites is 1. The summed E-state index contributed by atoms with van der Waals surface area (Å²) < 4.78 is 0. The summed E-state index contributed by atoms with van der Waals surface area (Å²) in [6.45, 7) is 5.49. The molecule has 3 aromatic carbocycles. The molecule has 2 N–H and O–H groups in total. The van der Waals surface area contributed by atoms with Crippen LogP contribution in [0.4, 0.5) is 5.69 Å². The van der Waals surface area contributed by atoms with Gasteiger partial charge in [-0.05, 0) is 60.6 Å². The van der Waals surface area contributed by atoms with Crippen LogP contribution in [0, 0.1) is 5.92 Å². The maximum Gasteiger partial charge on any atom is 0.255 e. The van der Waals surface area contributed by atoms with Gasteiger partial charge in [-0.1, -0.05) is 68.4 Å². The van der Waals surface area contributed by atoms with Gasteiger partial charge in [-0.3, -0.25) is 19.3 Å². The van der Waals surface area contributed by atoms with Gasteiger partial charge in [0.2, 0.25) is 0 Å². The van der Waals surface area contributed by atoms with E-state index in [0.717, 1.165) is 19.3 Å². The number of anilines is 1. The highest BCUT2D eigenvalue weighted by Crippen LogP contribution is 2.22. The second-order valence-corrected chi connectivity index (χ2v) is 9.98. The smallest absolute Gasteiger partial charge is 0.255 e. The van der Waals surface area contributed by atoms with E-state index in [1.165, 1.54) is 11.1 Å². The van der Waals surface area contributed by atoms with Gasteiger partial charge in [-0.2, -0.15) is 0 Å². The van der Waals surface area contributed by atoms with Crippen LogP contribution in [-0.4, -0.2) is 35.2 Å². The van der Waals surface area contributed by atoms with Crippen molar-refractivity contribution in [3.8, 4) is 0 Å². The molecule has 6 heteroatoms. The zero-order valence-corrected chi connectivity index (χ0v) is 21.6. The van der Waals surface area contributed by atoms with E-state index in [9.17, 15) is 14.4 Å². The van der Waals surface area contributed by atoms with E-state index in [4.69, 9.17) is 0 Å². The number of hydrogen-bond donors (Lipinski definition) is 2. The van der Waals surface area contributed by atoms with Crippen LogP contribution in [0.3, 0.4) is 0 Å². The van der Waals surface area contributed by atoms with Crippen LogP contribution in [0.1, 0.15) is 65.0 Å². The number of Topliss-reactive ketones (excluding diaryl/α,β-unsaturated/α-hetero) is 1. The molecule has 1 aliphatic rings. The van der Waals surface area contributed by atoms with Crippen LogP contribution in [-0.2, 0) is 17.8 Å². The molecule has 1 heterocycles. The molecule has 0 saturated heterocycles. The van der Waals surface area contributed by atoms with Gasteiger partial charge in [0.15, 0.2) is 5.78 Å². The third kappa shape index (κ3) is 6.92. The van der Waals surface area contributed by atoms with Gasteiger partial charge in [0.05, 0.1) is 11.3 Å². The quantitative estimate of drug-likeness (QED) is 0.412. The molecule has 0 saturated carbocycles. The van der Waals surface area contributed by atoms with Crippen molar-refractivity contribution >= 4 is 23.3 Å². The number of ketones is 1. The van der Waals surface area contributed by atoms with E-state index >= 15 is 0 Å². The lowest BCUT2D eigenvalue weighted by molar-refractivity contribution is -0.125. The van der Waals surface area contributed by atoms with Crippen LogP contribution < -0.4 is 10.6 Å². The Balaban J connectivity index is 1.57. The third-order valence-electron chi connectivity index (χ3n) is 6.75.